The van der Waals surface area contributed by atoms with E-state index in [0.29, 0.717) is 19.4 Å². The Hall–Kier alpha value is -1.84. The van der Waals surface area contributed by atoms with Crippen LogP contribution in [-0.2, 0) is 14.3 Å². The van der Waals surface area contributed by atoms with Crippen molar-refractivity contribution in [3.05, 3.63) is 29.3 Å². The summed E-state index contributed by atoms with van der Waals surface area (Å²) < 4.78 is 4.81. The summed E-state index contributed by atoms with van der Waals surface area (Å²) in [6.07, 6.45) is 1.12. The van der Waals surface area contributed by atoms with E-state index >= 15 is 0 Å². The molecule has 0 fully saturated rings. The summed E-state index contributed by atoms with van der Waals surface area (Å²) in [6.45, 7) is 6.07. The molecule has 19 heavy (non-hydrogen) atoms. The number of para-hydroxylation sites is 1. The minimum atomic E-state index is -0.248. The zero-order valence-electron chi connectivity index (χ0n) is 11.8. The van der Waals surface area contributed by atoms with Gasteiger partial charge in [-0.05, 0) is 38.3 Å². The van der Waals surface area contributed by atoms with Crippen molar-refractivity contribution in [3.63, 3.8) is 0 Å². The van der Waals surface area contributed by atoms with E-state index in [1.165, 1.54) is 0 Å². The summed E-state index contributed by atoms with van der Waals surface area (Å²) in [5.74, 6) is -0.316. The molecule has 0 unspecified atom stereocenters. The molecule has 1 aromatic carbocycles. The molecule has 0 aromatic heterocycles. The summed E-state index contributed by atoms with van der Waals surface area (Å²) in [7, 11) is 0. The van der Waals surface area contributed by atoms with Gasteiger partial charge in [0.15, 0.2) is 0 Å². The molecule has 0 bridgehead atoms. The van der Waals surface area contributed by atoms with Gasteiger partial charge < -0.3 is 10.1 Å². The second kappa shape index (κ2) is 7.56. The molecule has 1 aromatic rings. The fraction of sp³-hybridized carbons (Fsp3) is 0.467. The summed E-state index contributed by atoms with van der Waals surface area (Å²) in [5.41, 5.74) is 2.95. The third-order valence-electron chi connectivity index (χ3n) is 2.84. The Balaban J connectivity index is 2.41. The number of carbonyl (C=O) groups is 2. The van der Waals surface area contributed by atoms with E-state index in [4.69, 9.17) is 4.74 Å². The lowest BCUT2D eigenvalue weighted by Gasteiger charge is -2.11. The lowest BCUT2D eigenvalue weighted by Crippen LogP contribution is -2.14. The van der Waals surface area contributed by atoms with Gasteiger partial charge in [-0.3, -0.25) is 9.59 Å². The minimum absolute atomic E-state index is 0.0679. The quantitative estimate of drug-likeness (QED) is 0.803. The lowest BCUT2D eigenvalue weighted by atomic mass is 10.1. The molecule has 0 aliphatic carbocycles. The van der Waals surface area contributed by atoms with Gasteiger partial charge in [-0.2, -0.15) is 0 Å². The highest BCUT2D eigenvalue weighted by molar-refractivity contribution is 5.92. The third-order valence-corrected chi connectivity index (χ3v) is 2.84. The van der Waals surface area contributed by atoms with Crippen molar-refractivity contribution in [1.82, 2.24) is 0 Å². The van der Waals surface area contributed by atoms with Gasteiger partial charge in [-0.1, -0.05) is 18.2 Å². The minimum Gasteiger partial charge on any atom is -0.466 e. The standard InChI is InChI=1S/C15H21NO3/c1-4-19-14(18)10-6-9-13(17)16-15-11(2)7-5-8-12(15)3/h5,7-8H,4,6,9-10H2,1-3H3,(H,16,17). The predicted octanol–water partition coefficient (Wildman–Crippen LogP) is 2.98. The van der Waals surface area contributed by atoms with Gasteiger partial charge in [-0.25, -0.2) is 0 Å². The number of hydrogen-bond acceptors (Lipinski definition) is 3. The van der Waals surface area contributed by atoms with Gasteiger partial charge in [0.1, 0.15) is 0 Å². The number of hydrogen-bond donors (Lipinski definition) is 1. The van der Waals surface area contributed by atoms with Gasteiger partial charge in [0.25, 0.3) is 0 Å². The molecule has 0 aliphatic rings. The smallest absolute Gasteiger partial charge is 0.305 e. The molecule has 0 atom stereocenters. The maximum Gasteiger partial charge on any atom is 0.305 e. The summed E-state index contributed by atoms with van der Waals surface area (Å²) in [6, 6.07) is 5.88. The van der Waals surface area contributed by atoms with Crippen LogP contribution in [0, 0.1) is 13.8 Å². The Bertz CT molecular complexity index is 434. The largest absolute Gasteiger partial charge is 0.466 e. The number of anilines is 1. The van der Waals surface area contributed by atoms with Crippen LogP contribution in [0.25, 0.3) is 0 Å². The van der Waals surface area contributed by atoms with Gasteiger partial charge in [0.2, 0.25) is 5.91 Å². The van der Waals surface area contributed by atoms with E-state index in [9.17, 15) is 9.59 Å². The highest BCUT2D eigenvalue weighted by Crippen LogP contribution is 2.19. The number of benzene rings is 1. The van der Waals surface area contributed by atoms with Gasteiger partial charge in [0, 0.05) is 18.5 Å². The first-order valence-electron chi connectivity index (χ1n) is 6.56. The summed E-state index contributed by atoms with van der Waals surface area (Å²) in [5, 5.41) is 2.89. The first-order valence-corrected chi connectivity index (χ1v) is 6.56. The SMILES string of the molecule is CCOC(=O)CCCC(=O)Nc1c(C)cccc1C. The molecule has 0 spiro atoms. The molecule has 0 heterocycles. The number of carbonyl (C=O) groups excluding carboxylic acids is 2. The Morgan fingerprint density at radius 1 is 1.16 bits per heavy atom. The van der Waals surface area contributed by atoms with E-state index in [-0.39, 0.29) is 18.3 Å². The Morgan fingerprint density at radius 2 is 1.79 bits per heavy atom. The zero-order chi connectivity index (χ0) is 14.3. The fourth-order valence-corrected chi connectivity index (χ4v) is 1.84. The van der Waals surface area contributed by atoms with Crippen LogP contribution in [0.15, 0.2) is 18.2 Å². The number of rotatable bonds is 6. The molecule has 0 saturated heterocycles. The van der Waals surface area contributed by atoms with Crippen molar-refractivity contribution < 1.29 is 14.3 Å². The molecule has 1 rings (SSSR count). The first-order chi connectivity index (χ1) is 9.04. The van der Waals surface area contributed by atoms with E-state index in [1.807, 2.05) is 32.0 Å². The topological polar surface area (TPSA) is 55.4 Å². The molecule has 104 valence electrons. The number of nitrogens with one attached hydrogen (secondary N) is 1. The van der Waals surface area contributed by atoms with Crippen LogP contribution in [0.4, 0.5) is 5.69 Å². The highest BCUT2D eigenvalue weighted by Gasteiger charge is 2.08. The van der Waals surface area contributed by atoms with Gasteiger partial charge in [0.05, 0.1) is 6.61 Å². The lowest BCUT2D eigenvalue weighted by molar-refractivity contribution is -0.143. The van der Waals surface area contributed by atoms with Crippen LogP contribution >= 0.6 is 0 Å². The van der Waals surface area contributed by atoms with Crippen molar-refractivity contribution in [3.8, 4) is 0 Å². The predicted molar refractivity (Wildman–Crippen MR) is 75.0 cm³/mol. The van der Waals surface area contributed by atoms with Crippen molar-refractivity contribution in [1.29, 1.82) is 0 Å². The Morgan fingerprint density at radius 3 is 2.37 bits per heavy atom. The first kappa shape index (κ1) is 15.2. The van der Waals surface area contributed by atoms with E-state index in [0.717, 1.165) is 16.8 Å². The average molecular weight is 263 g/mol. The van der Waals surface area contributed by atoms with Gasteiger partial charge in [-0.15, -0.1) is 0 Å². The van der Waals surface area contributed by atoms with Crippen LogP contribution in [0.5, 0.6) is 0 Å². The molecular weight excluding hydrogens is 242 g/mol. The van der Waals surface area contributed by atoms with E-state index in [2.05, 4.69) is 5.32 Å². The van der Waals surface area contributed by atoms with Crippen LogP contribution < -0.4 is 5.32 Å². The van der Waals surface area contributed by atoms with Crippen LogP contribution in [0.3, 0.4) is 0 Å². The molecule has 4 heteroatoms. The maximum atomic E-state index is 11.8. The molecule has 4 nitrogen and oxygen atoms in total. The second-order valence-electron chi connectivity index (χ2n) is 4.47. The zero-order valence-corrected chi connectivity index (χ0v) is 11.8. The van der Waals surface area contributed by atoms with Crippen LogP contribution in [0.1, 0.15) is 37.3 Å². The summed E-state index contributed by atoms with van der Waals surface area (Å²) in [4.78, 5) is 22.9. The van der Waals surface area contributed by atoms with Crippen molar-refractivity contribution in [2.75, 3.05) is 11.9 Å². The maximum absolute atomic E-state index is 11.8. The van der Waals surface area contributed by atoms with Gasteiger partial charge >= 0.3 is 5.97 Å². The summed E-state index contributed by atoms with van der Waals surface area (Å²) >= 11 is 0. The number of esters is 1. The van der Waals surface area contributed by atoms with E-state index in [1.54, 1.807) is 6.92 Å². The molecule has 0 saturated carbocycles. The molecular formula is C15H21NO3. The van der Waals surface area contributed by atoms with E-state index < -0.39 is 0 Å². The molecule has 1 amide bonds. The number of ether oxygens (including phenoxy) is 1. The molecule has 0 radical (unpaired) electrons. The number of aryl methyl sites for hydroxylation is 2. The molecule has 0 aliphatic heterocycles. The van der Waals surface area contributed by atoms with Crippen LogP contribution in [0.2, 0.25) is 0 Å². The Kier molecular flexibility index (Phi) is 6.06. The average Bonchev–Trinajstić information content (AvgIpc) is 2.34. The number of amides is 1. The fourth-order valence-electron chi connectivity index (χ4n) is 1.84. The second-order valence-corrected chi connectivity index (χ2v) is 4.47. The molecule has 1 N–H and O–H groups in total. The van der Waals surface area contributed by atoms with Crippen LogP contribution in [-0.4, -0.2) is 18.5 Å². The normalized spacial score (nSPS) is 10.1. The van der Waals surface area contributed by atoms with Crippen molar-refractivity contribution in [2.24, 2.45) is 0 Å². The highest BCUT2D eigenvalue weighted by atomic mass is 16.5. The van der Waals surface area contributed by atoms with Crippen molar-refractivity contribution >= 4 is 17.6 Å². The third kappa shape index (κ3) is 5.12. The Labute approximate surface area is 114 Å². The monoisotopic (exact) mass is 263 g/mol. The van der Waals surface area contributed by atoms with Crippen molar-refractivity contribution in [2.45, 2.75) is 40.0 Å².